The topological polar surface area (TPSA) is 313 Å². The lowest BCUT2D eigenvalue weighted by atomic mass is 10.1. The summed E-state index contributed by atoms with van der Waals surface area (Å²) in [5.41, 5.74) is 13.7. The SMILES string of the molecule is CCOC(=O)N(Cc1cccc(C(=O)OC)c1)c1nc(-n2cccn2)nc(N)c1[N+](=O)[O-].COC(=O)c1cccc(CN2C(=O)Cc3c(N)nc(-n4cccn4)nc32)c1.[O-2]. The molecule has 0 saturated heterocycles. The van der Waals surface area contributed by atoms with Crippen molar-refractivity contribution < 1.29 is 43.8 Å². The van der Waals surface area contributed by atoms with Crippen molar-refractivity contribution in [3.63, 3.8) is 0 Å². The molecule has 4 aromatic heterocycles. The number of hydrogen-bond acceptors (Lipinski definition) is 17. The van der Waals surface area contributed by atoms with Crippen LogP contribution in [0.3, 0.4) is 0 Å². The normalized spacial score (nSPS) is 11.4. The van der Waals surface area contributed by atoms with Gasteiger partial charge in [0.05, 0.1) is 56.4 Å². The van der Waals surface area contributed by atoms with E-state index in [1.54, 1.807) is 61.8 Å². The molecule has 4 N–H and O–H groups in total. The molecular formula is C37H35N13O10-2. The van der Waals surface area contributed by atoms with Crippen LogP contribution in [-0.2, 0) is 44.0 Å². The van der Waals surface area contributed by atoms with Gasteiger partial charge in [0.25, 0.3) is 11.9 Å². The van der Waals surface area contributed by atoms with E-state index >= 15 is 0 Å². The standard InChI is InChI=1S/C19H19N7O6.C18H16N6O3.O/c1-3-32-19(28)24(11-12-6-4-7-13(10-12)17(27)31-2)16-14(26(29)30)15(20)22-18(23-16)25-9-5-8-21-25;1-27-17(26)12-5-2-4-11(8-12)10-23-14(25)9-13-15(19)21-18(22-16(13)23)24-7-3-6-20-24;/h4-10H,3,11H2,1-2H3,(H2,20,22,23);2-8H,9-10H2,1H3,(H2,19,21,22);/q;;-2. The third-order valence-corrected chi connectivity index (χ3v) is 8.49. The Kier molecular flexibility index (Phi) is 13.4. The Morgan fingerprint density at radius 1 is 0.833 bits per heavy atom. The van der Waals surface area contributed by atoms with Crippen LogP contribution in [0, 0.1) is 10.1 Å². The Balaban J connectivity index is 0.000000226. The molecule has 7 rings (SSSR count). The highest BCUT2D eigenvalue weighted by molar-refractivity contribution is 6.01. The quantitative estimate of drug-likeness (QED) is 0.0820. The largest absolute Gasteiger partial charge is 2.00 e. The number of carbonyl (C=O) groups excluding carboxylic acids is 4. The molecule has 2 amide bonds. The van der Waals surface area contributed by atoms with E-state index in [9.17, 15) is 29.3 Å². The average Bonchev–Trinajstić information content (AvgIpc) is 4.03. The molecule has 23 heteroatoms. The van der Waals surface area contributed by atoms with Gasteiger partial charge >= 0.3 is 23.7 Å². The second-order valence-electron chi connectivity index (χ2n) is 12.3. The zero-order chi connectivity index (χ0) is 42.2. The van der Waals surface area contributed by atoms with Crippen LogP contribution in [0.4, 0.5) is 33.8 Å². The minimum absolute atomic E-state index is 0. The summed E-state index contributed by atoms with van der Waals surface area (Å²) in [6, 6.07) is 16.5. The molecule has 0 atom stereocenters. The number of nitrogens with zero attached hydrogens (tertiary/aromatic N) is 11. The van der Waals surface area contributed by atoms with Crippen molar-refractivity contribution in [2.45, 2.75) is 26.4 Å². The van der Waals surface area contributed by atoms with Gasteiger partial charge in [-0.2, -0.15) is 30.1 Å². The molecular weight excluding hydrogens is 786 g/mol. The number of methoxy groups -OCH3 is 2. The van der Waals surface area contributed by atoms with Crippen LogP contribution < -0.4 is 21.3 Å². The summed E-state index contributed by atoms with van der Waals surface area (Å²) in [6.45, 7) is 1.65. The summed E-state index contributed by atoms with van der Waals surface area (Å²) in [7, 11) is 2.57. The number of nitrogens with two attached hydrogens (primary N) is 2. The number of ether oxygens (including phenoxy) is 3. The minimum atomic E-state index is -0.899. The number of anilines is 4. The van der Waals surface area contributed by atoms with Crippen LogP contribution in [0.2, 0.25) is 0 Å². The monoisotopic (exact) mass is 821 g/mol. The van der Waals surface area contributed by atoms with Crippen molar-refractivity contribution in [1.82, 2.24) is 39.5 Å². The third-order valence-electron chi connectivity index (χ3n) is 8.49. The number of hydrogen-bond donors (Lipinski definition) is 2. The first-order valence-corrected chi connectivity index (χ1v) is 17.5. The van der Waals surface area contributed by atoms with Crippen LogP contribution >= 0.6 is 0 Å². The summed E-state index contributed by atoms with van der Waals surface area (Å²) < 4.78 is 17.3. The molecule has 5 heterocycles. The van der Waals surface area contributed by atoms with E-state index in [1.807, 2.05) is 6.07 Å². The van der Waals surface area contributed by atoms with E-state index in [0.29, 0.717) is 28.5 Å². The molecule has 2 aromatic carbocycles. The molecule has 0 aliphatic carbocycles. The Hall–Kier alpha value is -8.34. The highest BCUT2D eigenvalue weighted by atomic mass is 16.6. The van der Waals surface area contributed by atoms with E-state index in [4.69, 9.17) is 25.7 Å². The van der Waals surface area contributed by atoms with Gasteiger partial charge in [-0.1, -0.05) is 24.3 Å². The lowest BCUT2D eigenvalue weighted by Gasteiger charge is -2.21. The highest BCUT2D eigenvalue weighted by Crippen LogP contribution is 2.34. The number of nitrogen functional groups attached to an aromatic ring is 2. The molecule has 0 spiro atoms. The lowest BCUT2D eigenvalue weighted by Crippen LogP contribution is -2.33. The van der Waals surface area contributed by atoms with Gasteiger partial charge in [-0.25, -0.2) is 23.7 Å². The fourth-order valence-corrected chi connectivity index (χ4v) is 5.81. The van der Waals surface area contributed by atoms with E-state index < -0.39 is 34.5 Å². The molecule has 0 bridgehead atoms. The number of rotatable bonds is 11. The first kappa shape index (κ1) is 42.8. The molecule has 310 valence electrons. The molecule has 0 saturated carbocycles. The van der Waals surface area contributed by atoms with Gasteiger partial charge in [0.2, 0.25) is 17.5 Å². The van der Waals surface area contributed by atoms with E-state index in [0.717, 1.165) is 10.5 Å². The first-order valence-electron chi connectivity index (χ1n) is 17.5. The number of fused-ring (bicyclic) bond motifs is 1. The van der Waals surface area contributed by atoms with Crippen molar-refractivity contribution in [1.29, 1.82) is 0 Å². The van der Waals surface area contributed by atoms with Crippen LogP contribution in [0.1, 0.15) is 44.3 Å². The Morgan fingerprint density at radius 3 is 1.95 bits per heavy atom. The maximum Gasteiger partial charge on any atom is 0.415 e. The Labute approximate surface area is 339 Å². The molecule has 0 radical (unpaired) electrons. The van der Waals surface area contributed by atoms with Gasteiger partial charge < -0.3 is 31.2 Å². The fraction of sp³-hybridized carbons (Fsp3) is 0.189. The number of benzene rings is 2. The number of aromatic nitrogens is 8. The lowest BCUT2D eigenvalue weighted by molar-refractivity contribution is -0.383. The summed E-state index contributed by atoms with van der Waals surface area (Å²) in [4.78, 5) is 79.2. The maximum atomic E-state index is 12.8. The van der Waals surface area contributed by atoms with Crippen LogP contribution in [-0.4, -0.2) is 89.2 Å². The molecule has 0 unspecified atom stereocenters. The van der Waals surface area contributed by atoms with Crippen LogP contribution in [0.25, 0.3) is 11.9 Å². The van der Waals surface area contributed by atoms with Gasteiger partial charge in [0.1, 0.15) is 11.6 Å². The number of nitro groups is 1. The van der Waals surface area contributed by atoms with Crippen molar-refractivity contribution in [2.75, 3.05) is 42.1 Å². The van der Waals surface area contributed by atoms with E-state index in [-0.39, 0.29) is 60.6 Å². The molecule has 60 heavy (non-hydrogen) atoms. The van der Waals surface area contributed by atoms with Crippen molar-refractivity contribution in [3.8, 4) is 11.9 Å². The van der Waals surface area contributed by atoms with Gasteiger partial charge in [-0.05, 0) is 54.4 Å². The predicted octanol–water partition coefficient (Wildman–Crippen LogP) is 3.10. The average molecular weight is 822 g/mol. The molecule has 0 fully saturated rings. The van der Waals surface area contributed by atoms with E-state index in [2.05, 4.69) is 30.1 Å². The smallest absolute Gasteiger partial charge is 0.415 e. The Bertz CT molecular complexity index is 2530. The molecule has 1 aliphatic rings. The van der Waals surface area contributed by atoms with Gasteiger partial charge in [0.15, 0.2) is 0 Å². The number of esters is 2. The van der Waals surface area contributed by atoms with E-state index in [1.165, 1.54) is 53.0 Å². The molecule has 1 aliphatic heterocycles. The minimum Gasteiger partial charge on any atom is -2.00 e. The zero-order valence-electron chi connectivity index (χ0n) is 32.1. The van der Waals surface area contributed by atoms with Crippen molar-refractivity contribution >= 4 is 52.9 Å². The summed E-state index contributed by atoms with van der Waals surface area (Å²) in [5, 5.41) is 19.8. The fourth-order valence-electron chi connectivity index (χ4n) is 5.81. The van der Waals surface area contributed by atoms with Crippen molar-refractivity contribution in [2.24, 2.45) is 0 Å². The maximum absolute atomic E-state index is 12.8. The predicted molar refractivity (Wildman–Crippen MR) is 208 cm³/mol. The zero-order valence-corrected chi connectivity index (χ0v) is 32.1. The van der Waals surface area contributed by atoms with Gasteiger partial charge in [0, 0.05) is 30.4 Å². The third kappa shape index (κ3) is 9.26. The highest BCUT2D eigenvalue weighted by Gasteiger charge is 2.34. The molecule has 23 nitrogen and oxygen atoms in total. The second kappa shape index (κ2) is 18.7. The van der Waals surface area contributed by atoms with Crippen molar-refractivity contribution in [3.05, 3.63) is 123 Å². The molecule has 6 aromatic rings. The van der Waals surface area contributed by atoms with Crippen LogP contribution in [0.15, 0.2) is 85.5 Å². The number of carbonyl (C=O) groups is 4. The van der Waals surface area contributed by atoms with Crippen LogP contribution in [0.5, 0.6) is 0 Å². The first-order chi connectivity index (χ1) is 28.4. The van der Waals surface area contributed by atoms with Gasteiger partial charge in [-0.3, -0.25) is 24.7 Å². The summed E-state index contributed by atoms with van der Waals surface area (Å²) in [5.74, 6) is -1.05. The summed E-state index contributed by atoms with van der Waals surface area (Å²) in [6.07, 6.45) is 5.51. The Morgan fingerprint density at radius 2 is 1.40 bits per heavy atom. The summed E-state index contributed by atoms with van der Waals surface area (Å²) >= 11 is 0. The second-order valence-corrected chi connectivity index (χ2v) is 12.3. The number of amides is 2. The van der Waals surface area contributed by atoms with Gasteiger partial charge in [-0.15, -0.1) is 0 Å².